The lowest BCUT2D eigenvalue weighted by molar-refractivity contribution is -0.128. The summed E-state index contributed by atoms with van der Waals surface area (Å²) in [7, 11) is 5.06. The maximum atomic E-state index is 13.3. The molecule has 0 heterocycles. The second kappa shape index (κ2) is 22.3. The van der Waals surface area contributed by atoms with Crippen LogP contribution in [0.3, 0.4) is 0 Å². The molecule has 13 heteroatoms. The molecule has 4 atom stereocenters. The van der Waals surface area contributed by atoms with E-state index in [2.05, 4.69) is 21.4 Å². The summed E-state index contributed by atoms with van der Waals surface area (Å²) in [5.74, 6) is -1.10. The molecule has 0 aliphatic heterocycles. The summed E-state index contributed by atoms with van der Waals surface area (Å²) >= 11 is 0. The number of nitrogens with zero attached hydrogens (tertiary/aromatic N) is 1. The SMILES string of the molecule is COCCCCOc1ccccc1C(=O)NC[C@@H](C[C@H](NC(=O)OC(C)(C)C)[C@@H](O)C[C@H](C(=O)NCCC(=O)NN(C)C)C(C)C)C(C)C. The highest BCUT2D eigenvalue weighted by Crippen LogP contribution is 2.25. The maximum Gasteiger partial charge on any atom is 0.407 e. The Hall–Kier alpha value is -3.42. The van der Waals surface area contributed by atoms with E-state index in [-0.39, 0.29) is 61.4 Å². The molecule has 0 saturated heterocycles. The average molecular weight is 694 g/mol. The van der Waals surface area contributed by atoms with E-state index in [1.807, 2.05) is 33.8 Å². The molecule has 1 aromatic carbocycles. The Labute approximate surface area is 293 Å². The van der Waals surface area contributed by atoms with Crippen LogP contribution >= 0.6 is 0 Å². The summed E-state index contributed by atoms with van der Waals surface area (Å²) in [5.41, 5.74) is 2.30. The highest BCUT2D eigenvalue weighted by Gasteiger charge is 2.33. The number of carbonyl (C=O) groups excluding carboxylic acids is 4. The molecule has 0 unspecified atom stereocenters. The largest absolute Gasteiger partial charge is 0.493 e. The number of amides is 4. The van der Waals surface area contributed by atoms with Crippen molar-refractivity contribution in [3.63, 3.8) is 0 Å². The number of alkyl carbamates (subject to hydrolysis) is 1. The van der Waals surface area contributed by atoms with Gasteiger partial charge in [0.25, 0.3) is 5.91 Å². The van der Waals surface area contributed by atoms with Gasteiger partial charge in [0.05, 0.1) is 24.3 Å². The third kappa shape index (κ3) is 18.2. The Kier molecular flexibility index (Phi) is 19.9. The topological polar surface area (TPSA) is 168 Å². The number of hydrogen-bond donors (Lipinski definition) is 5. The molecular formula is C36H63N5O8. The number of ether oxygens (including phenoxy) is 3. The number of carbonyl (C=O) groups is 4. The Balaban J connectivity index is 3.07. The molecule has 1 rings (SSSR count). The number of benzene rings is 1. The van der Waals surface area contributed by atoms with Crippen molar-refractivity contribution in [2.45, 2.75) is 98.3 Å². The summed E-state index contributed by atoms with van der Waals surface area (Å²) in [6.45, 7) is 14.6. The van der Waals surface area contributed by atoms with Gasteiger partial charge in [0.1, 0.15) is 11.4 Å². The molecule has 0 spiro atoms. The zero-order valence-corrected chi connectivity index (χ0v) is 31.4. The first-order valence-corrected chi connectivity index (χ1v) is 17.4. The van der Waals surface area contributed by atoms with E-state index in [9.17, 15) is 24.3 Å². The fourth-order valence-corrected chi connectivity index (χ4v) is 5.16. The Bertz CT molecular complexity index is 1150. The molecular weight excluding hydrogens is 630 g/mol. The van der Waals surface area contributed by atoms with E-state index in [0.717, 1.165) is 12.8 Å². The third-order valence-electron chi connectivity index (χ3n) is 7.96. The summed E-state index contributed by atoms with van der Waals surface area (Å²) in [6, 6.07) is 6.30. The zero-order chi connectivity index (χ0) is 37.1. The van der Waals surface area contributed by atoms with Crippen LogP contribution in [-0.4, -0.2) is 99.2 Å². The molecule has 49 heavy (non-hydrogen) atoms. The van der Waals surface area contributed by atoms with Gasteiger partial charge in [0, 0.05) is 53.2 Å². The van der Waals surface area contributed by atoms with Gasteiger partial charge in [-0.2, -0.15) is 0 Å². The zero-order valence-electron chi connectivity index (χ0n) is 31.4. The van der Waals surface area contributed by atoms with Crippen molar-refractivity contribution >= 4 is 23.8 Å². The smallest absolute Gasteiger partial charge is 0.407 e. The highest BCUT2D eigenvalue weighted by molar-refractivity contribution is 5.96. The van der Waals surface area contributed by atoms with E-state index in [0.29, 0.717) is 30.9 Å². The number of aliphatic hydroxyl groups is 1. The minimum Gasteiger partial charge on any atom is -0.493 e. The fraction of sp³-hybridized carbons (Fsp3) is 0.722. The minimum absolute atomic E-state index is 0.0696. The highest BCUT2D eigenvalue weighted by atomic mass is 16.6. The molecule has 0 aliphatic carbocycles. The number of hydrazine groups is 1. The summed E-state index contributed by atoms with van der Waals surface area (Å²) < 4.78 is 16.5. The van der Waals surface area contributed by atoms with E-state index < -0.39 is 29.8 Å². The summed E-state index contributed by atoms with van der Waals surface area (Å²) in [5, 5.41) is 21.8. The second-order valence-corrected chi connectivity index (χ2v) is 14.4. The monoisotopic (exact) mass is 693 g/mol. The quantitative estimate of drug-likeness (QED) is 0.0894. The van der Waals surface area contributed by atoms with Crippen molar-refractivity contribution in [2.75, 3.05) is 47.5 Å². The van der Waals surface area contributed by atoms with Crippen molar-refractivity contribution in [2.24, 2.45) is 23.7 Å². The van der Waals surface area contributed by atoms with Crippen molar-refractivity contribution in [3.8, 4) is 5.75 Å². The number of hydrogen-bond acceptors (Lipinski definition) is 9. The Morgan fingerprint density at radius 2 is 1.57 bits per heavy atom. The molecule has 1 aromatic rings. The first-order valence-electron chi connectivity index (χ1n) is 17.4. The molecule has 5 N–H and O–H groups in total. The van der Waals surface area contributed by atoms with E-state index in [1.165, 1.54) is 5.01 Å². The standard InChI is InChI=1S/C36H63N5O8/c1-24(2)26(23-38-33(44)27-15-11-12-16-31(27)48-20-14-13-19-47-10)21-29(39-35(46)49-36(5,6)7)30(42)22-28(25(3)4)34(45)37-18-17-32(43)40-41(8)9/h11-12,15-16,24-26,28-30,42H,13-14,17-23H2,1-10H3,(H,37,45)(H,38,44)(H,39,46)(H,40,43)/t26-,28+,29+,30+/m1/s1. The van der Waals surface area contributed by atoms with E-state index >= 15 is 0 Å². The Morgan fingerprint density at radius 3 is 2.16 bits per heavy atom. The van der Waals surface area contributed by atoms with Gasteiger partial charge in [-0.05, 0) is 76.3 Å². The summed E-state index contributed by atoms with van der Waals surface area (Å²) in [4.78, 5) is 51.5. The predicted octanol–water partition coefficient (Wildman–Crippen LogP) is 3.90. The molecule has 280 valence electrons. The minimum atomic E-state index is -1.10. The van der Waals surface area contributed by atoms with Gasteiger partial charge in [-0.1, -0.05) is 39.8 Å². The normalized spacial score (nSPS) is 14.2. The molecule has 13 nitrogen and oxygen atoms in total. The van der Waals surface area contributed by atoms with E-state index in [1.54, 1.807) is 60.2 Å². The van der Waals surface area contributed by atoms with Crippen LogP contribution in [0.15, 0.2) is 24.3 Å². The number of nitrogens with one attached hydrogen (secondary N) is 4. The van der Waals surface area contributed by atoms with E-state index in [4.69, 9.17) is 14.2 Å². The van der Waals surface area contributed by atoms with Crippen molar-refractivity contribution in [1.82, 2.24) is 26.4 Å². The fourth-order valence-electron chi connectivity index (χ4n) is 5.16. The molecule has 4 amide bonds. The van der Waals surface area contributed by atoms with Gasteiger partial charge >= 0.3 is 6.09 Å². The molecule has 0 aromatic heterocycles. The number of methoxy groups -OCH3 is 1. The number of unbranched alkanes of at least 4 members (excludes halogenated alkanes) is 1. The van der Waals surface area contributed by atoms with Crippen molar-refractivity contribution < 1.29 is 38.5 Å². The number of aliphatic hydroxyl groups excluding tert-OH is 1. The van der Waals surface area contributed by atoms with Gasteiger partial charge in [-0.3, -0.25) is 19.8 Å². The first kappa shape index (κ1) is 43.6. The maximum absolute atomic E-state index is 13.3. The van der Waals surface area contributed by atoms with Gasteiger partial charge < -0.3 is 35.3 Å². The summed E-state index contributed by atoms with van der Waals surface area (Å²) in [6.07, 6.45) is 0.342. The molecule has 0 bridgehead atoms. The molecule has 0 radical (unpaired) electrons. The van der Waals surface area contributed by atoms with Gasteiger partial charge in [-0.15, -0.1) is 0 Å². The molecule has 0 aliphatic rings. The number of para-hydroxylation sites is 1. The van der Waals surface area contributed by atoms with Gasteiger partial charge in [0.15, 0.2) is 0 Å². The van der Waals surface area contributed by atoms with Crippen LogP contribution in [0.1, 0.15) is 90.9 Å². The van der Waals surface area contributed by atoms with Crippen LogP contribution in [0.4, 0.5) is 4.79 Å². The lowest BCUT2D eigenvalue weighted by atomic mass is 9.82. The van der Waals surface area contributed by atoms with Crippen molar-refractivity contribution in [1.29, 1.82) is 0 Å². The molecule has 0 saturated carbocycles. The lowest BCUT2D eigenvalue weighted by Crippen LogP contribution is -2.49. The Morgan fingerprint density at radius 1 is 0.918 bits per heavy atom. The second-order valence-electron chi connectivity index (χ2n) is 14.4. The third-order valence-corrected chi connectivity index (χ3v) is 7.96. The predicted molar refractivity (Wildman–Crippen MR) is 190 cm³/mol. The van der Waals surface area contributed by atoms with Crippen LogP contribution in [0.25, 0.3) is 0 Å². The van der Waals surface area contributed by atoms with Crippen LogP contribution < -0.4 is 26.1 Å². The van der Waals surface area contributed by atoms with Crippen LogP contribution in [0, 0.1) is 23.7 Å². The number of rotatable bonds is 22. The van der Waals surface area contributed by atoms with Crippen LogP contribution in [0.2, 0.25) is 0 Å². The first-order chi connectivity index (χ1) is 22.9. The van der Waals surface area contributed by atoms with Crippen LogP contribution in [0.5, 0.6) is 5.75 Å². The molecule has 0 fully saturated rings. The van der Waals surface area contributed by atoms with Crippen LogP contribution in [-0.2, 0) is 19.1 Å². The average Bonchev–Trinajstić information content (AvgIpc) is 2.99. The van der Waals surface area contributed by atoms with Crippen molar-refractivity contribution in [3.05, 3.63) is 29.8 Å². The van der Waals surface area contributed by atoms with Gasteiger partial charge in [-0.25, -0.2) is 9.80 Å². The van der Waals surface area contributed by atoms with Gasteiger partial charge in [0.2, 0.25) is 11.8 Å². The lowest BCUT2D eigenvalue weighted by Gasteiger charge is -2.33.